The Hall–Kier alpha value is -2.03. The van der Waals surface area contributed by atoms with Crippen LogP contribution in [0.25, 0.3) is 6.08 Å². The molecular weight excluding hydrogens is 391 g/mol. The summed E-state index contributed by atoms with van der Waals surface area (Å²) in [5.74, 6) is -8.03. The van der Waals surface area contributed by atoms with E-state index < -0.39 is 35.1 Å². The number of aryl methyl sites for hydroxylation is 1. The summed E-state index contributed by atoms with van der Waals surface area (Å²) < 4.78 is 65.9. The number of benzene rings is 2. The fourth-order valence-electron chi connectivity index (χ4n) is 2.69. The van der Waals surface area contributed by atoms with E-state index in [-0.39, 0.29) is 40.9 Å². The maximum Gasteiger partial charge on any atom is 1.00 e. The molecule has 28 heavy (non-hydrogen) atoms. The third-order valence-electron chi connectivity index (χ3n) is 4.08. The minimum Gasteiger partial charge on any atom is -0.545 e. The van der Waals surface area contributed by atoms with Crippen molar-refractivity contribution in [3.05, 3.63) is 65.0 Å². The quantitative estimate of drug-likeness (QED) is 0.542. The summed E-state index contributed by atoms with van der Waals surface area (Å²) in [7, 11) is 0. The number of carbonyl (C=O) groups excluding carboxylic acids is 1. The Morgan fingerprint density at radius 3 is 2.46 bits per heavy atom. The predicted octanol–water partition coefficient (Wildman–Crippen LogP) is 0.255. The summed E-state index contributed by atoms with van der Waals surface area (Å²) in [6.07, 6.45) is -4.14. The van der Waals surface area contributed by atoms with Gasteiger partial charge in [-0.3, -0.25) is 0 Å². The molecule has 1 heterocycles. The van der Waals surface area contributed by atoms with E-state index in [4.69, 9.17) is 9.47 Å². The summed E-state index contributed by atoms with van der Waals surface area (Å²) in [5, 5.41) is 11.5. The smallest absolute Gasteiger partial charge is 0.545 e. The Morgan fingerprint density at radius 1 is 1.21 bits per heavy atom. The number of rotatable bonds is 4. The molecule has 4 nitrogen and oxygen atoms in total. The van der Waals surface area contributed by atoms with Crippen LogP contribution in [0.5, 0.6) is 11.5 Å². The summed E-state index contributed by atoms with van der Waals surface area (Å²) in [5.41, 5.74) is -0.680. The van der Waals surface area contributed by atoms with Crippen LogP contribution in [0.3, 0.4) is 0 Å². The Bertz CT molecular complexity index is 926. The van der Waals surface area contributed by atoms with Gasteiger partial charge in [0.15, 0.2) is 11.6 Å². The number of fused-ring (bicyclic) bond motifs is 1. The van der Waals surface area contributed by atoms with Gasteiger partial charge in [0.25, 0.3) is 0 Å². The van der Waals surface area contributed by atoms with Crippen molar-refractivity contribution >= 4 is 12.0 Å². The molecule has 0 amide bonds. The van der Waals surface area contributed by atoms with Crippen molar-refractivity contribution in [2.45, 2.75) is 25.3 Å². The number of hydrogen-bond donors (Lipinski definition) is 0. The molecule has 1 aliphatic rings. The number of ether oxygens (including phenoxy) is 2. The van der Waals surface area contributed by atoms with Gasteiger partial charge in [0, 0.05) is 5.56 Å². The first kappa shape index (κ1) is 22.3. The molecule has 0 radical (unpaired) electrons. The largest absolute Gasteiger partial charge is 1.00 e. The second-order valence-electron chi connectivity index (χ2n) is 5.82. The molecule has 9 heteroatoms. The molecule has 0 spiro atoms. The number of halogens is 4. The molecule has 0 aliphatic carbocycles. The fourth-order valence-corrected chi connectivity index (χ4v) is 2.69. The predicted molar refractivity (Wildman–Crippen MR) is 85.2 cm³/mol. The van der Waals surface area contributed by atoms with Crippen molar-refractivity contribution in [1.82, 2.24) is 0 Å². The molecule has 0 aromatic heterocycles. The first-order valence-electron chi connectivity index (χ1n) is 7.93. The molecular formula is C19H13F4NaO4. The Kier molecular flexibility index (Phi) is 6.48. The van der Waals surface area contributed by atoms with Crippen molar-refractivity contribution < 1.29 is 66.5 Å². The molecule has 3 rings (SSSR count). The van der Waals surface area contributed by atoms with Crippen LogP contribution in [-0.4, -0.2) is 17.9 Å². The first-order valence-corrected chi connectivity index (χ1v) is 7.93. The van der Waals surface area contributed by atoms with Crippen LogP contribution in [0, 0.1) is 5.82 Å². The van der Waals surface area contributed by atoms with E-state index in [9.17, 15) is 27.5 Å². The van der Waals surface area contributed by atoms with Gasteiger partial charge in [0.2, 0.25) is 0 Å². The zero-order valence-corrected chi connectivity index (χ0v) is 17.0. The SMILES string of the molecule is CCc1ccc(OC2(C(F)(F)F)Oc3ccccc3C=C2C(=O)[O-])c(F)c1.[Na+]. The number of carboxylic acid groups (broad SMARTS) is 1. The second kappa shape index (κ2) is 8.14. The Balaban J connectivity index is 0.00000280. The number of aliphatic carboxylic acids is 1. The van der Waals surface area contributed by atoms with E-state index >= 15 is 0 Å². The molecule has 0 N–H and O–H groups in total. The van der Waals surface area contributed by atoms with Crippen LogP contribution in [0.15, 0.2) is 48.0 Å². The number of hydrogen-bond acceptors (Lipinski definition) is 4. The average molecular weight is 404 g/mol. The molecule has 1 unspecified atom stereocenters. The molecule has 2 aromatic rings. The van der Waals surface area contributed by atoms with E-state index in [1.54, 1.807) is 6.92 Å². The van der Waals surface area contributed by atoms with E-state index in [1.165, 1.54) is 30.3 Å². The van der Waals surface area contributed by atoms with Crippen molar-refractivity contribution in [2.75, 3.05) is 0 Å². The number of alkyl halides is 3. The van der Waals surface area contributed by atoms with Crippen LogP contribution >= 0.6 is 0 Å². The van der Waals surface area contributed by atoms with E-state index in [2.05, 4.69) is 0 Å². The van der Waals surface area contributed by atoms with E-state index in [0.717, 1.165) is 18.2 Å². The van der Waals surface area contributed by atoms with E-state index in [0.29, 0.717) is 12.0 Å². The topological polar surface area (TPSA) is 58.6 Å². The third kappa shape index (κ3) is 3.90. The van der Waals surface area contributed by atoms with Gasteiger partial charge in [-0.25, -0.2) is 4.39 Å². The van der Waals surface area contributed by atoms with Gasteiger partial charge >= 0.3 is 41.5 Å². The maximum atomic E-state index is 14.2. The summed E-state index contributed by atoms with van der Waals surface area (Å²) >= 11 is 0. The number of carboxylic acids is 1. The monoisotopic (exact) mass is 404 g/mol. The van der Waals surface area contributed by atoms with Crippen molar-refractivity contribution in [3.8, 4) is 11.5 Å². The van der Waals surface area contributed by atoms with Crippen molar-refractivity contribution in [1.29, 1.82) is 0 Å². The average Bonchev–Trinajstić information content (AvgIpc) is 2.61. The molecule has 1 atom stereocenters. The van der Waals surface area contributed by atoms with Crippen LogP contribution in [0.4, 0.5) is 17.6 Å². The van der Waals surface area contributed by atoms with E-state index in [1.807, 2.05) is 0 Å². The number of carbonyl (C=O) groups is 1. The van der Waals surface area contributed by atoms with Crippen LogP contribution in [0.2, 0.25) is 0 Å². The molecule has 1 aliphatic heterocycles. The molecule has 0 saturated heterocycles. The molecule has 0 fully saturated rings. The van der Waals surface area contributed by atoms with Gasteiger partial charge in [0.05, 0.1) is 11.5 Å². The zero-order valence-electron chi connectivity index (χ0n) is 15.0. The summed E-state index contributed by atoms with van der Waals surface area (Å²) in [4.78, 5) is 11.5. The van der Waals surface area contributed by atoms with Gasteiger partial charge in [-0.1, -0.05) is 31.2 Å². The zero-order chi connectivity index (χ0) is 19.8. The van der Waals surface area contributed by atoms with Gasteiger partial charge in [0.1, 0.15) is 5.75 Å². The van der Waals surface area contributed by atoms with Crippen LogP contribution in [-0.2, 0) is 11.2 Å². The first-order chi connectivity index (χ1) is 12.7. The van der Waals surface area contributed by atoms with Gasteiger partial charge in [-0.15, -0.1) is 0 Å². The summed E-state index contributed by atoms with van der Waals surface area (Å²) in [6, 6.07) is 8.89. The molecule has 0 bridgehead atoms. The normalized spacial score (nSPS) is 18.2. The minimum atomic E-state index is -5.34. The second-order valence-corrected chi connectivity index (χ2v) is 5.82. The molecule has 2 aromatic carbocycles. The Labute approximate surface area is 180 Å². The van der Waals surface area contributed by atoms with Gasteiger partial charge in [-0.05, 0) is 36.3 Å². The molecule has 142 valence electrons. The number of para-hydroxylation sites is 1. The Morgan fingerprint density at radius 2 is 1.89 bits per heavy atom. The van der Waals surface area contributed by atoms with Crippen molar-refractivity contribution in [2.24, 2.45) is 0 Å². The molecule has 0 saturated carbocycles. The van der Waals surface area contributed by atoms with Gasteiger partial charge in [-0.2, -0.15) is 13.2 Å². The van der Waals surface area contributed by atoms with Crippen LogP contribution in [0.1, 0.15) is 18.1 Å². The summed E-state index contributed by atoms with van der Waals surface area (Å²) in [6.45, 7) is 1.74. The fraction of sp³-hybridized carbons (Fsp3) is 0.211. The standard InChI is InChI=1S/C19H14F4O4.Na/c1-2-11-7-8-16(14(20)9-11)27-18(19(21,22)23)13(17(24)25)10-12-5-3-4-6-15(12)26-18;/h3-10H,2H2,1H3,(H,24,25);/q;+1/p-1. The van der Waals surface area contributed by atoms with Crippen LogP contribution < -0.4 is 44.1 Å². The maximum absolute atomic E-state index is 14.2. The van der Waals surface area contributed by atoms with Crippen molar-refractivity contribution in [3.63, 3.8) is 0 Å². The van der Waals surface area contributed by atoms with Gasteiger partial charge < -0.3 is 19.4 Å². The minimum absolute atomic E-state index is 0. The third-order valence-corrected chi connectivity index (χ3v) is 4.08.